The fraction of sp³-hybridized carbons (Fsp3) is 0.427. The molecule has 0 unspecified atom stereocenters. The molecule has 0 bridgehead atoms. The third-order valence-electron chi connectivity index (χ3n) is 25.0. The average molecular weight is 1860 g/mol. The molecule has 1 amide bonds. The molecule has 14 rings (SSSR count). The normalized spacial score (nSPS) is 25.4. The summed E-state index contributed by atoms with van der Waals surface area (Å²) in [5, 5.41) is 16.3. The van der Waals surface area contributed by atoms with Crippen LogP contribution in [0.25, 0.3) is 0 Å². The van der Waals surface area contributed by atoms with E-state index < -0.39 is 150 Å². The first-order valence-corrected chi connectivity index (χ1v) is 49.3. The minimum atomic E-state index is -2.75. The third kappa shape index (κ3) is 29.2. The van der Waals surface area contributed by atoms with E-state index in [4.69, 9.17) is 89.7 Å². The minimum Gasteiger partial charge on any atom is -0.454 e. The molecule has 0 aliphatic carbocycles. The van der Waals surface area contributed by atoms with Gasteiger partial charge in [-0.15, -0.1) is 0 Å². The highest BCUT2D eigenvalue weighted by atomic mass is 28.4. The first-order valence-electron chi connectivity index (χ1n) is 47.2. The number of aliphatic hydroxyl groups is 1. The van der Waals surface area contributed by atoms with E-state index in [1.54, 1.807) is 0 Å². The Balaban J connectivity index is 0.933. The molecule has 24 nitrogen and oxygen atoms in total. The van der Waals surface area contributed by atoms with Gasteiger partial charge in [-0.3, -0.25) is 9.59 Å². The lowest BCUT2D eigenvalue weighted by molar-refractivity contribution is -0.389. The van der Waals surface area contributed by atoms with Crippen LogP contribution in [-0.2, 0) is 170 Å². The number of rotatable bonds is 50. The SMILES string of the molecule is CC(=O)CCC(=O)O[C@H]1[C@H](OCc2ccccc2)[C@@H](O[C@@H]2O[C@H](COCc3ccccc3)[C@H](OCc3ccccc3)[C@H](OCc3ccccc3)[C@H]2NC(C)=O)[C@@H](CO[C@@H]2O[C@@H](COCc3ccccc3)[C@H](OCc3ccccc3)[C@@H](OCc3ccccc3)[C@H]2O[C@H]2O[C@H](CO[Si](C(C)C)(C(C)C)C(C)C)[C@@H](OCc3ccccc3)[C@H](OCc3ccccc3)[C@@H]2OCc2ccccc2)O[C@@H]1O. The van der Waals surface area contributed by atoms with Gasteiger partial charge >= 0.3 is 5.97 Å². The fourth-order valence-corrected chi connectivity index (χ4v) is 23.9. The van der Waals surface area contributed by atoms with Crippen molar-refractivity contribution in [2.24, 2.45) is 0 Å². The number of carbonyl (C=O) groups is 3. The van der Waals surface area contributed by atoms with Crippen molar-refractivity contribution in [3.8, 4) is 0 Å². The molecular formula is C110H131NO23Si. The highest BCUT2D eigenvalue weighted by Gasteiger charge is 2.59. The van der Waals surface area contributed by atoms with Crippen LogP contribution in [-0.4, -0.2) is 180 Å². The monoisotopic (exact) mass is 1860 g/mol. The maximum Gasteiger partial charge on any atom is 0.306 e. The summed E-state index contributed by atoms with van der Waals surface area (Å²) in [5.74, 6) is -1.60. The highest BCUT2D eigenvalue weighted by Crippen LogP contribution is 2.45. The largest absolute Gasteiger partial charge is 0.454 e. The first-order chi connectivity index (χ1) is 65.9. The fourth-order valence-electron chi connectivity index (χ4n) is 18.4. The topological polar surface area (TPSA) is 259 Å². The predicted molar refractivity (Wildman–Crippen MR) is 509 cm³/mol. The van der Waals surface area contributed by atoms with E-state index in [1.165, 1.54) is 13.8 Å². The highest BCUT2D eigenvalue weighted by molar-refractivity contribution is 6.77. The number of hydrogen-bond acceptors (Lipinski definition) is 23. The summed E-state index contributed by atoms with van der Waals surface area (Å²) in [5.41, 5.74) is 8.91. The van der Waals surface area contributed by atoms with Gasteiger partial charge in [0.15, 0.2) is 39.6 Å². The maximum absolute atomic E-state index is 14.5. The molecule has 0 spiro atoms. The van der Waals surface area contributed by atoms with Gasteiger partial charge in [0.05, 0.1) is 98.9 Å². The molecule has 20 atom stereocenters. The second-order valence-corrected chi connectivity index (χ2v) is 41.3. The summed E-state index contributed by atoms with van der Waals surface area (Å²) in [6.45, 7) is 16.2. The van der Waals surface area contributed by atoms with Crippen molar-refractivity contribution < 1.29 is 109 Å². The smallest absolute Gasteiger partial charge is 0.306 e. The Morgan fingerprint density at radius 1 is 0.296 bits per heavy atom. The van der Waals surface area contributed by atoms with Gasteiger partial charge in [0.25, 0.3) is 0 Å². The van der Waals surface area contributed by atoms with Gasteiger partial charge < -0.3 is 105 Å². The summed E-state index contributed by atoms with van der Waals surface area (Å²) in [4.78, 5) is 41.6. The summed E-state index contributed by atoms with van der Waals surface area (Å²) in [7, 11) is -2.75. The van der Waals surface area contributed by atoms with Crippen molar-refractivity contribution in [3.63, 3.8) is 0 Å². The maximum atomic E-state index is 14.5. The molecule has 4 aliphatic rings. The Labute approximate surface area is 795 Å². The van der Waals surface area contributed by atoms with Gasteiger partial charge in [-0.1, -0.05) is 345 Å². The van der Waals surface area contributed by atoms with Gasteiger partial charge in [0.2, 0.25) is 5.91 Å². The van der Waals surface area contributed by atoms with E-state index in [0.717, 1.165) is 50.1 Å². The van der Waals surface area contributed by atoms with Crippen molar-refractivity contribution in [1.82, 2.24) is 5.32 Å². The molecule has 25 heteroatoms. The minimum absolute atomic E-state index is 0.00544. The van der Waals surface area contributed by atoms with E-state index in [0.29, 0.717) is 5.56 Å². The Morgan fingerprint density at radius 3 is 0.926 bits per heavy atom. The van der Waals surface area contributed by atoms with Crippen LogP contribution < -0.4 is 5.32 Å². The number of Topliss-reactive ketones (excluding diaryl/α,β-unsaturated/α-hetero) is 1. The Morgan fingerprint density at radius 2 is 0.578 bits per heavy atom. The van der Waals surface area contributed by atoms with E-state index in [-0.39, 0.29) is 121 Å². The summed E-state index contributed by atoms with van der Waals surface area (Å²) in [6.07, 6.45) is -25.2. The van der Waals surface area contributed by atoms with E-state index in [1.807, 2.05) is 303 Å². The molecule has 4 saturated heterocycles. The zero-order valence-electron chi connectivity index (χ0n) is 78.4. The number of ketones is 1. The summed E-state index contributed by atoms with van der Waals surface area (Å²) in [6, 6.07) is 96.2. The van der Waals surface area contributed by atoms with Gasteiger partial charge in [-0.25, -0.2) is 0 Å². The molecule has 135 heavy (non-hydrogen) atoms. The van der Waals surface area contributed by atoms with Gasteiger partial charge in [-0.05, 0) is 79.2 Å². The van der Waals surface area contributed by atoms with E-state index in [2.05, 4.69) is 46.9 Å². The Bertz CT molecular complexity index is 5040. The van der Waals surface area contributed by atoms with Crippen LogP contribution in [0.5, 0.6) is 0 Å². The number of ether oxygens (including phenoxy) is 18. The van der Waals surface area contributed by atoms with Gasteiger partial charge in [0.1, 0.15) is 97.3 Å². The lowest BCUT2D eigenvalue weighted by Gasteiger charge is -2.51. The van der Waals surface area contributed by atoms with Crippen LogP contribution in [0, 0.1) is 0 Å². The number of aliphatic hydroxyl groups excluding tert-OH is 1. The Hall–Kier alpha value is -9.73. The number of benzene rings is 10. The molecule has 10 aromatic rings. The van der Waals surface area contributed by atoms with Crippen LogP contribution >= 0.6 is 0 Å². The van der Waals surface area contributed by atoms with Crippen LogP contribution in [0.4, 0.5) is 0 Å². The summed E-state index contributed by atoms with van der Waals surface area (Å²) >= 11 is 0. The van der Waals surface area contributed by atoms with Crippen LogP contribution in [0.1, 0.15) is 124 Å². The van der Waals surface area contributed by atoms with Crippen molar-refractivity contribution in [2.75, 3.05) is 26.4 Å². The van der Waals surface area contributed by atoms with Crippen molar-refractivity contribution in [1.29, 1.82) is 0 Å². The number of amides is 1. The lowest BCUT2D eigenvalue weighted by Crippen LogP contribution is -2.69. The predicted octanol–water partition coefficient (Wildman–Crippen LogP) is 17.8. The van der Waals surface area contributed by atoms with Gasteiger partial charge in [-0.2, -0.15) is 0 Å². The first kappa shape index (κ1) is 101. The molecule has 718 valence electrons. The second kappa shape index (κ2) is 52.2. The van der Waals surface area contributed by atoms with Gasteiger partial charge in [0, 0.05) is 13.3 Å². The van der Waals surface area contributed by atoms with Crippen LogP contribution in [0.2, 0.25) is 16.6 Å². The third-order valence-corrected chi connectivity index (χ3v) is 31.1. The molecule has 0 aromatic heterocycles. The molecular weight excluding hydrogens is 1730 g/mol. The molecule has 0 radical (unpaired) electrons. The molecule has 2 N–H and O–H groups in total. The standard InChI is InChI=1S/C110H131NO23Si/c1-75(2)135(76(3)4,77(5)6)127-74-93-98(120-65-84-47-27-13-28-48-84)101(122-67-86-51-31-15-32-52-86)105(125-70-89-57-37-18-38-58-89)110(131-93)134-106-102(123-68-87-53-33-16-34-54-87)97(119-64-83-45-25-12-26-46-83)91(72-117-62-81-41-21-10-22-42-81)130-109(106)126-73-92-99(103(124-69-88-55-35-17-36-56-88)104(107(115)128-92)132-94(114)60-59-78(7)112)133-108-95(111-79(8)113)100(121-66-85-49-29-14-30-50-85)96(118-63-82-43-23-11-24-44-82)90(129-108)71-116-61-80-39-19-9-20-40-80/h9-58,75-77,90-93,95-110,115H,59-74H2,1-8H3,(H,111,113)/t90-,91+,92-,93-,95-,96+,97+,98-,99+,100-,101+,102-,103-,104+,105+,106-,107+,108+,109-,110-/m1/s1. The molecule has 4 aliphatic heterocycles. The number of hydrogen-bond donors (Lipinski definition) is 2. The van der Waals surface area contributed by atoms with E-state index >= 15 is 0 Å². The molecule has 10 aromatic carbocycles. The summed E-state index contributed by atoms with van der Waals surface area (Å²) < 4.78 is 139. The molecule has 4 heterocycles. The zero-order chi connectivity index (χ0) is 94.1. The molecule has 0 saturated carbocycles. The molecule has 4 fully saturated rings. The zero-order valence-corrected chi connectivity index (χ0v) is 79.4. The van der Waals surface area contributed by atoms with Crippen LogP contribution in [0.15, 0.2) is 303 Å². The van der Waals surface area contributed by atoms with Crippen molar-refractivity contribution >= 4 is 26.0 Å². The quantitative estimate of drug-likeness (QED) is 0.0265. The number of esters is 1. The Kier molecular flexibility index (Phi) is 39.1. The number of carbonyl (C=O) groups excluding carboxylic acids is 3. The van der Waals surface area contributed by atoms with E-state index in [9.17, 15) is 19.5 Å². The average Bonchev–Trinajstić information content (AvgIpc) is 0.761. The van der Waals surface area contributed by atoms with Crippen molar-refractivity contribution in [2.45, 2.75) is 274 Å². The van der Waals surface area contributed by atoms with Crippen molar-refractivity contribution in [3.05, 3.63) is 359 Å². The number of nitrogens with one attached hydrogen (secondary N) is 1. The lowest BCUT2D eigenvalue weighted by atomic mass is 9.94. The second-order valence-electron chi connectivity index (χ2n) is 35.8. The van der Waals surface area contributed by atoms with Crippen LogP contribution in [0.3, 0.4) is 0 Å².